The van der Waals surface area contributed by atoms with Gasteiger partial charge in [-0.05, 0) is 25.5 Å². The Morgan fingerprint density at radius 3 is 2.67 bits per heavy atom. The van der Waals surface area contributed by atoms with E-state index in [1.807, 2.05) is 31.2 Å². The highest BCUT2D eigenvalue weighted by molar-refractivity contribution is 5.85. The molecule has 1 aliphatic rings. The van der Waals surface area contributed by atoms with E-state index >= 15 is 0 Å². The first-order valence-corrected chi connectivity index (χ1v) is 6.91. The monoisotopic (exact) mass is 316 g/mol. The quantitative estimate of drug-likeness (QED) is 0.932. The molecule has 118 valence electrons. The first-order chi connectivity index (χ1) is 9.60. The van der Waals surface area contributed by atoms with Gasteiger partial charge in [0.2, 0.25) is 0 Å². The number of likely N-dealkylation sites (tertiary alicyclic amines) is 1. The molecule has 0 bridgehead atoms. The third kappa shape index (κ3) is 4.86. The van der Waals surface area contributed by atoms with Crippen LogP contribution in [0.1, 0.15) is 17.5 Å². The summed E-state index contributed by atoms with van der Waals surface area (Å²) >= 11 is 0. The molecular weight excluding hydrogens is 295 g/mol. The van der Waals surface area contributed by atoms with Crippen molar-refractivity contribution in [2.45, 2.75) is 26.1 Å². The lowest BCUT2D eigenvalue weighted by molar-refractivity contribution is 0.0536. The van der Waals surface area contributed by atoms with Crippen molar-refractivity contribution in [2.75, 3.05) is 19.6 Å². The number of amides is 1. The Kier molecular flexibility index (Phi) is 6.92. The first kappa shape index (κ1) is 17.7. The van der Waals surface area contributed by atoms with Crippen molar-refractivity contribution in [3.05, 3.63) is 35.4 Å². The molecule has 1 saturated heterocycles. The van der Waals surface area contributed by atoms with Crippen LogP contribution in [0.5, 0.6) is 0 Å². The molecule has 1 aromatic carbocycles. The molecule has 6 heteroatoms. The minimum Gasteiger partial charge on any atom is -0.445 e. The molecule has 1 heterocycles. The number of alkyl halides is 1. The predicted molar refractivity (Wildman–Crippen MR) is 82.2 cm³/mol. The molecule has 2 N–H and O–H groups in total. The average Bonchev–Trinajstić information content (AvgIpc) is 2.46. The van der Waals surface area contributed by atoms with Gasteiger partial charge in [-0.3, -0.25) is 0 Å². The number of nitrogens with two attached hydrogens (primary N) is 1. The average molecular weight is 317 g/mol. The van der Waals surface area contributed by atoms with E-state index in [1.54, 1.807) is 0 Å². The van der Waals surface area contributed by atoms with Gasteiger partial charge >= 0.3 is 6.09 Å². The normalized spacial score (nSPS) is 21.6. The molecule has 2 atom stereocenters. The Labute approximate surface area is 130 Å². The number of nitrogens with zero attached hydrogens (tertiary/aromatic N) is 1. The summed E-state index contributed by atoms with van der Waals surface area (Å²) in [4.78, 5) is 13.3. The summed E-state index contributed by atoms with van der Waals surface area (Å²) in [5, 5.41) is 0. The summed E-state index contributed by atoms with van der Waals surface area (Å²) in [6.07, 6.45) is -0.915. The SMILES string of the molecule is Cc1ccc(COC(=O)N2CCC(CN)C(F)C2)cc1.Cl. The van der Waals surface area contributed by atoms with E-state index in [1.165, 1.54) is 4.90 Å². The Morgan fingerprint density at radius 2 is 2.10 bits per heavy atom. The Morgan fingerprint density at radius 1 is 1.43 bits per heavy atom. The van der Waals surface area contributed by atoms with Crippen LogP contribution in [-0.4, -0.2) is 36.8 Å². The number of ether oxygens (including phenoxy) is 1. The number of rotatable bonds is 3. The second-order valence-corrected chi connectivity index (χ2v) is 5.29. The summed E-state index contributed by atoms with van der Waals surface area (Å²) in [5.74, 6) is -0.142. The standard InChI is InChI=1S/C15H21FN2O2.ClH/c1-11-2-4-12(5-3-11)10-20-15(19)18-7-6-13(8-17)14(16)9-18;/h2-5,13-14H,6-10,17H2,1H3;1H. The summed E-state index contributed by atoms with van der Waals surface area (Å²) < 4.78 is 19.0. The fourth-order valence-electron chi connectivity index (χ4n) is 2.31. The highest BCUT2D eigenvalue weighted by Crippen LogP contribution is 2.20. The fraction of sp³-hybridized carbons (Fsp3) is 0.533. The molecule has 0 aromatic heterocycles. The third-order valence-corrected chi connectivity index (χ3v) is 3.72. The zero-order chi connectivity index (χ0) is 14.5. The minimum atomic E-state index is -1.05. The maximum atomic E-state index is 13.7. The number of hydrogen-bond donors (Lipinski definition) is 1. The molecule has 21 heavy (non-hydrogen) atoms. The van der Waals surface area contributed by atoms with Gasteiger partial charge in [-0.15, -0.1) is 12.4 Å². The number of aryl methyl sites for hydroxylation is 1. The second kappa shape index (κ2) is 8.20. The number of carbonyl (C=O) groups excluding carboxylic acids is 1. The lowest BCUT2D eigenvalue weighted by atomic mass is 9.95. The molecule has 1 fully saturated rings. The van der Waals surface area contributed by atoms with E-state index < -0.39 is 12.3 Å². The number of halogens is 2. The van der Waals surface area contributed by atoms with Crippen LogP contribution in [0.25, 0.3) is 0 Å². The Bertz CT molecular complexity index is 455. The number of carbonyl (C=O) groups is 1. The van der Waals surface area contributed by atoms with Crippen molar-refractivity contribution in [3.63, 3.8) is 0 Å². The van der Waals surface area contributed by atoms with Gasteiger partial charge in [0.25, 0.3) is 0 Å². The van der Waals surface area contributed by atoms with Crippen LogP contribution in [-0.2, 0) is 11.3 Å². The number of piperidine rings is 1. The molecule has 2 unspecified atom stereocenters. The van der Waals surface area contributed by atoms with E-state index in [9.17, 15) is 9.18 Å². The Balaban J connectivity index is 0.00000220. The van der Waals surface area contributed by atoms with Crippen LogP contribution in [0.4, 0.5) is 9.18 Å². The minimum absolute atomic E-state index is 0. The van der Waals surface area contributed by atoms with Crippen molar-refractivity contribution in [3.8, 4) is 0 Å². The molecule has 0 spiro atoms. The molecule has 1 aromatic rings. The van der Waals surface area contributed by atoms with Crippen molar-refractivity contribution < 1.29 is 13.9 Å². The zero-order valence-electron chi connectivity index (χ0n) is 12.1. The molecule has 2 rings (SSSR count). The summed E-state index contributed by atoms with van der Waals surface area (Å²) in [5.41, 5.74) is 7.57. The molecular formula is C15H22ClFN2O2. The van der Waals surface area contributed by atoms with Crippen molar-refractivity contribution in [1.82, 2.24) is 4.90 Å². The third-order valence-electron chi connectivity index (χ3n) is 3.72. The van der Waals surface area contributed by atoms with Gasteiger partial charge in [-0.1, -0.05) is 29.8 Å². The highest BCUT2D eigenvalue weighted by atomic mass is 35.5. The van der Waals surface area contributed by atoms with Gasteiger partial charge < -0.3 is 15.4 Å². The maximum Gasteiger partial charge on any atom is 0.410 e. The molecule has 0 aliphatic carbocycles. The number of hydrogen-bond acceptors (Lipinski definition) is 3. The smallest absolute Gasteiger partial charge is 0.410 e. The van der Waals surface area contributed by atoms with Crippen LogP contribution >= 0.6 is 12.4 Å². The van der Waals surface area contributed by atoms with Gasteiger partial charge in [0.15, 0.2) is 0 Å². The Hall–Kier alpha value is -1.33. The van der Waals surface area contributed by atoms with E-state index in [0.717, 1.165) is 11.1 Å². The fourth-order valence-corrected chi connectivity index (χ4v) is 2.31. The zero-order valence-corrected chi connectivity index (χ0v) is 12.9. The molecule has 4 nitrogen and oxygen atoms in total. The summed E-state index contributed by atoms with van der Waals surface area (Å²) in [6, 6.07) is 7.77. The van der Waals surface area contributed by atoms with Crippen molar-refractivity contribution in [2.24, 2.45) is 11.7 Å². The lowest BCUT2D eigenvalue weighted by Gasteiger charge is -2.33. The van der Waals surface area contributed by atoms with Gasteiger partial charge in [0.05, 0.1) is 6.54 Å². The highest BCUT2D eigenvalue weighted by Gasteiger charge is 2.31. The van der Waals surface area contributed by atoms with E-state index in [4.69, 9.17) is 10.5 Å². The van der Waals surface area contributed by atoms with Crippen LogP contribution < -0.4 is 5.73 Å². The van der Waals surface area contributed by atoms with E-state index in [2.05, 4.69) is 0 Å². The molecule has 0 radical (unpaired) electrons. The largest absolute Gasteiger partial charge is 0.445 e. The van der Waals surface area contributed by atoms with Crippen LogP contribution in [0.2, 0.25) is 0 Å². The first-order valence-electron chi connectivity index (χ1n) is 6.91. The maximum absolute atomic E-state index is 13.7. The molecule has 0 saturated carbocycles. The number of benzene rings is 1. The predicted octanol–water partition coefficient (Wildman–Crippen LogP) is 2.67. The molecule has 1 aliphatic heterocycles. The van der Waals surface area contributed by atoms with Crippen LogP contribution in [0.15, 0.2) is 24.3 Å². The van der Waals surface area contributed by atoms with E-state index in [0.29, 0.717) is 19.5 Å². The van der Waals surface area contributed by atoms with Crippen molar-refractivity contribution >= 4 is 18.5 Å². The van der Waals surface area contributed by atoms with Gasteiger partial charge in [0.1, 0.15) is 12.8 Å². The van der Waals surface area contributed by atoms with Gasteiger partial charge in [0, 0.05) is 12.5 Å². The van der Waals surface area contributed by atoms with E-state index in [-0.39, 0.29) is 31.5 Å². The second-order valence-electron chi connectivity index (χ2n) is 5.29. The van der Waals surface area contributed by atoms with Crippen molar-refractivity contribution in [1.29, 1.82) is 0 Å². The topological polar surface area (TPSA) is 55.6 Å². The van der Waals surface area contributed by atoms with Crippen LogP contribution in [0, 0.1) is 12.8 Å². The van der Waals surface area contributed by atoms with Crippen LogP contribution in [0.3, 0.4) is 0 Å². The summed E-state index contributed by atoms with van der Waals surface area (Å²) in [7, 11) is 0. The van der Waals surface area contributed by atoms with Gasteiger partial charge in [-0.2, -0.15) is 0 Å². The van der Waals surface area contributed by atoms with Gasteiger partial charge in [-0.25, -0.2) is 9.18 Å². The summed E-state index contributed by atoms with van der Waals surface area (Å²) in [6.45, 7) is 3.13. The molecule has 1 amide bonds. The lowest BCUT2D eigenvalue weighted by Crippen LogP contribution is -2.46.